The first-order valence-electron chi connectivity index (χ1n) is 6.89. The van der Waals surface area contributed by atoms with Gasteiger partial charge >= 0.3 is 0 Å². The standard InChI is InChI=1S/C17H17F2NO/c1-2-20(16-5-3-4-15(19)12-16)11-10-17(21)13-6-8-14(18)9-7-13/h3-9,12H,2,10-11H2,1H3. The molecule has 2 nitrogen and oxygen atoms in total. The van der Waals surface area contributed by atoms with Crippen molar-refractivity contribution >= 4 is 11.5 Å². The van der Waals surface area contributed by atoms with Crippen LogP contribution in [0.25, 0.3) is 0 Å². The number of carbonyl (C=O) groups excluding carboxylic acids is 1. The van der Waals surface area contributed by atoms with Crippen LogP contribution in [-0.4, -0.2) is 18.9 Å². The van der Waals surface area contributed by atoms with Gasteiger partial charge in [0.05, 0.1) is 0 Å². The van der Waals surface area contributed by atoms with Crippen LogP contribution in [-0.2, 0) is 0 Å². The Morgan fingerprint density at radius 1 is 1.05 bits per heavy atom. The Kier molecular flexibility index (Phi) is 5.04. The second kappa shape index (κ2) is 6.97. The van der Waals surface area contributed by atoms with Gasteiger partial charge in [-0.1, -0.05) is 6.07 Å². The number of ketones is 1. The Hall–Kier alpha value is -2.23. The van der Waals surface area contributed by atoms with Gasteiger partial charge in [0.2, 0.25) is 0 Å². The number of rotatable bonds is 6. The van der Waals surface area contributed by atoms with E-state index in [1.165, 1.54) is 36.4 Å². The van der Waals surface area contributed by atoms with Crippen molar-refractivity contribution in [2.24, 2.45) is 0 Å². The second-order valence-corrected chi connectivity index (χ2v) is 4.74. The summed E-state index contributed by atoms with van der Waals surface area (Å²) < 4.78 is 26.1. The lowest BCUT2D eigenvalue weighted by Gasteiger charge is -2.22. The highest BCUT2D eigenvalue weighted by Crippen LogP contribution is 2.16. The molecule has 0 heterocycles. The number of anilines is 1. The van der Waals surface area contributed by atoms with Crippen molar-refractivity contribution in [2.75, 3.05) is 18.0 Å². The number of hydrogen-bond acceptors (Lipinski definition) is 2. The fourth-order valence-electron chi connectivity index (χ4n) is 2.16. The first kappa shape index (κ1) is 15.2. The van der Waals surface area contributed by atoms with E-state index in [2.05, 4.69) is 0 Å². The summed E-state index contributed by atoms with van der Waals surface area (Å²) in [6.45, 7) is 3.13. The Balaban J connectivity index is 2.00. The molecular formula is C17H17F2NO. The van der Waals surface area contributed by atoms with Crippen LogP contribution in [0.2, 0.25) is 0 Å². The Morgan fingerprint density at radius 2 is 1.76 bits per heavy atom. The van der Waals surface area contributed by atoms with Gasteiger partial charge in [-0.3, -0.25) is 4.79 Å². The van der Waals surface area contributed by atoms with Crippen molar-refractivity contribution < 1.29 is 13.6 Å². The van der Waals surface area contributed by atoms with Crippen LogP contribution in [0.3, 0.4) is 0 Å². The lowest BCUT2D eigenvalue weighted by molar-refractivity contribution is 0.0984. The van der Waals surface area contributed by atoms with Crippen LogP contribution >= 0.6 is 0 Å². The fraction of sp³-hybridized carbons (Fsp3) is 0.235. The van der Waals surface area contributed by atoms with Gasteiger partial charge in [-0.2, -0.15) is 0 Å². The third-order valence-electron chi connectivity index (χ3n) is 3.33. The zero-order valence-corrected chi connectivity index (χ0v) is 11.9. The molecule has 2 rings (SSSR count). The number of Topliss-reactive ketones (excluding diaryl/α,β-unsaturated/α-hetero) is 1. The molecule has 110 valence electrons. The zero-order valence-electron chi connectivity index (χ0n) is 11.9. The minimum Gasteiger partial charge on any atom is -0.371 e. The summed E-state index contributed by atoms with van der Waals surface area (Å²) in [6, 6.07) is 11.8. The number of nitrogens with zero attached hydrogens (tertiary/aromatic N) is 1. The van der Waals surface area contributed by atoms with E-state index in [9.17, 15) is 13.6 Å². The third kappa shape index (κ3) is 4.12. The molecule has 0 spiro atoms. The van der Waals surface area contributed by atoms with E-state index in [0.717, 1.165) is 5.69 Å². The van der Waals surface area contributed by atoms with Crippen molar-refractivity contribution in [3.63, 3.8) is 0 Å². The van der Waals surface area contributed by atoms with Gasteiger partial charge in [-0.25, -0.2) is 8.78 Å². The lowest BCUT2D eigenvalue weighted by Crippen LogP contribution is -2.25. The molecule has 0 atom stereocenters. The van der Waals surface area contributed by atoms with Crippen molar-refractivity contribution in [3.8, 4) is 0 Å². The lowest BCUT2D eigenvalue weighted by atomic mass is 10.1. The first-order valence-corrected chi connectivity index (χ1v) is 6.89. The molecule has 0 radical (unpaired) electrons. The Morgan fingerprint density at radius 3 is 2.38 bits per heavy atom. The molecule has 0 unspecified atom stereocenters. The van der Waals surface area contributed by atoms with Gasteiger partial charge in [0.25, 0.3) is 0 Å². The molecule has 2 aromatic carbocycles. The second-order valence-electron chi connectivity index (χ2n) is 4.74. The molecule has 0 fully saturated rings. The van der Waals surface area contributed by atoms with Crippen LogP contribution in [0.5, 0.6) is 0 Å². The van der Waals surface area contributed by atoms with Crippen LogP contribution in [0.4, 0.5) is 14.5 Å². The van der Waals surface area contributed by atoms with Gasteiger partial charge < -0.3 is 4.90 Å². The van der Waals surface area contributed by atoms with E-state index in [1.54, 1.807) is 6.07 Å². The van der Waals surface area contributed by atoms with E-state index in [0.29, 0.717) is 25.1 Å². The van der Waals surface area contributed by atoms with Crippen LogP contribution in [0.15, 0.2) is 48.5 Å². The van der Waals surface area contributed by atoms with Crippen LogP contribution in [0, 0.1) is 11.6 Å². The average Bonchev–Trinajstić information content (AvgIpc) is 2.48. The fourth-order valence-corrected chi connectivity index (χ4v) is 2.16. The zero-order chi connectivity index (χ0) is 15.2. The van der Waals surface area contributed by atoms with Gasteiger partial charge in [-0.15, -0.1) is 0 Å². The van der Waals surface area contributed by atoms with Gasteiger partial charge in [0, 0.05) is 30.8 Å². The van der Waals surface area contributed by atoms with Gasteiger partial charge in [-0.05, 0) is 49.4 Å². The van der Waals surface area contributed by atoms with E-state index in [1.807, 2.05) is 17.9 Å². The van der Waals surface area contributed by atoms with Crippen molar-refractivity contribution in [3.05, 3.63) is 65.7 Å². The molecule has 0 bridgehead atoms. The molecule has 0 aromatic heterocycles. The third-order valence-corrected chi connectivity index (χ3v) is 3.33. The smallest absolute Gasteiger partial charge is 0.164 e. The summed E-state index contributed by atoms with van der Waals surface area (Å²) in [4.78, 5) is 14.0. The number of benzene rings is 2. The number of carbonyl (C=O) groups is 1. The minimum atomic E-state index is -0.360. The van der Waals surface area contributed by atoms with Crippen LogP contribution in [0.1, 0.15) is 23.7 Å². The topological polar surface area (TPSA) is 20.3 Å². The molecule has 0 aliphatic rings. The molecule has 0 amide bonds. The molecule has 4 heteroatoms. The highest BCUT2D eigenvalue weighted by atomic mass is 19.1. The molecule has 0 N–H and O–H groups in total. The maximum atomic E-state index is 13.2. The summed E-state index contributed by atoms with van der Waals surface area (Å²) in [6.07, 6.45) is 0.302. The normalized spacial score (nSPS) is 10.4. The predicted octanol–water partition coefficient (Wildman–Crippen LogP) is 4.06. The quantitative estimate of drug-likeness (QED) is 0.747. The summed E-state index contributed by atoms with van der Waals surface area (Å²) in [7, 11) is 0. The number of halogens is 2. The monoisotopic (exact) mass is 289 g/mol. The average molecular weight is 289 g/mol. The van der Waals surface area contributed by atoms with Crippen molar-refractivity contribution in [1.29, 1.82) is 0 Å². The molecule has 21 heavy (non-hydrogen) atoms. The molecule has 0 saturated carbocycles. The van der Waals surface area contributed by atoms with Gasteiger partial charge in [0.1, 0.15) is 11.6 Å². The first-order chi connectivity index (χ1) is 10.1. The Bertz CT molecular complexity index is 610. The molecule has 0 aliphatic carbocycles. The SMILES string of the molecule is CCN(CCC(=O)c1ccc(F)cc1)c1cccc(F)c1. The molecule has 0 saturated heterocycles. The van der Waals surface area contributed by atoms with E-state index in [4.69, 9.17) is 0 Å². The maximum Gasteiger partial charge on any atom is 0.164 e. The van der Waals surface area contributed by atoms with E-state index < -0.39 is 0 Å². The van der Waals surface area contributed by atoms with E-state index >= 15 is 0 Å². The summed E-state index contributed by atoms with van der Waals surface area (Å²) >= 11 is 0. The summed E-state index contributed by atoms with van der Waals surface area (Å²) in [5, 5.41) is 0. The molecule has 0 aliphatic heterocycles. The predicted molar refractivity (Wildman–Crippen MR) is 79.6 cm³/mol. The molecular weight excluding hydrogens is 272 g/mol. The van der Waals surface area contributed by atoms with Crippen molar-refractivity contribution in [2.45, 2.75) is 13.3 Å². The highest BCUT2D eigenvalue weighted by Gasteiger charge is 2.10. The van der Waals surface area contributed by atoms with Gasteiger partial charge in [0.15, 0.2) is 5.78 Å². The largest absolute Gasteiger partial charge is 0.371 e. The highest BCUT2D eigenvalue weighted by molar-refractivity contribution is 5.96. The van der Waals surface area contributed by atoms with E-state index in [-0.39, 0.29) is 17.4 Å². The number of hydrogen-bond donors (Lipinski definition) is 0. The minimum absolute atomic E-state index is 0.0511. The maximum absolute atomic E-state index is 13.2. The molecule has 2 aromatic rings. The Labute approximate surface area is 123 Å². The van der Waals surface area contributed by atoms with Crippen LogP contribution < -0.4 is 4.90 Å². The summed E-state index contributed by atoms with van der Waals surface area (Å²) in [5.74, 6) is -0.706. The van der Waals surface area contributed by atoms with Crippen molar-refractivity contribution in [1.82, 2.24) is 0 Å². The summed E-state index contributed by atoms with van der Waals surface area (Å²) in [5.41, 5.74) is 1.25.